The summed E-state index contributed by atoms with van der Waals surface area (Å²) >= 11 is 0. The van der Waals surface area contributed by atoms with Gasteiger partial charge in [-0.2, -0.15) is 0 Å². The Labute approximate surface area is 142 Å². The van der Waals surface area contributed by atoms with Crippen LogP contribution in [0.25, 0.3) is 0 Å². The first kappa shape index (κ1) is 16.2. The minimum Gasteiger partial charge on any atom is -0.491 e. The van der Waals surface area contributed by atoms with E-state index in [2.05, 4.69) is 13.8 Å². The summed E-state index contributed by atoms with van der Waals surface area (Å²) in [6.45, 7) is 6.08. The van der Waals surface area contributed by atoms with Crippen molar-refractivity contribution in [1.29, 1.82) is 0 Å². The molecular formula is C20H22O4. The summed E-state index contributed by atoms with van der Waals surface area (Å²) in [6, 6.07) is 15.2. The SMILES string of the molecule is CCC(C)Oc1ccc(OC(C)C2=COc3ccccc3O2)cc1. The van der Waals surface area contributed by atoms with Gasteiger partial charge in [-0.3, -0.25) is 0 Å². The highest BCUT2D eigenvalue weighted by atomic mass is 16.6. The van der Waals surface area contributed by atoms with E-state index in [0.717, 1.165) is 17.9 Å². The molecule has 2 atom stereocenters. The van der Waals surface area contributed by atoms with Gasteiger partial charge in [-0.25, -0.2) is 0 Å². The highest BCUT2D eigenvalue weighted by Crippen LogP contribution is 2.33. The molecule has 0 bridgehead atoms. The summed E-state index contributed by atoms with van der Waals surface area (Å²) in [7, 11) is 0. The molecular weight excluding hydrogens is 304 g/mol. The van der Waals surface area contributed by atoms with E-state index in [1.54, 1.807) is 6.26 Å². The highest BCUT2D eigenvalue weighted by molar-refractivity contribution is 5.43. The Balaban J connectivity index is 1.61. The van der Waals surface area contributed by atoms with Crippen molar-refractivity contribution >= 4 is 0 Å². The standard InChI is InChI=1S/C20H22O4/c1-4-14(2)22-16-9-11-17(12-10-16)23-15(3)20-13-21-18-7-5-6-8-19(18)24-20/h5-15H,4H2,1-3H3. The quantitative estimate of drug-likeness (QED) is 0.753. The molecule has 4 heteroatoms. The average Bonchev–Trinajstić information content (AvgIpc) is 2.62. The molecule has 0 aliphatic carbocycles. The van der Waals surface area contributed by atoms with Crippen LogP contribution in [0.2, 0.25) is 0 Å². The lowest BCUT2D eigenvalue weighted by molar-refractivity contribution is 0.180. The number of hydrogen-bond donors (Lipinski definition) is 0. The summed E-state index contributed by atoms with van der Waals surface area (Å²) in [5, 5.41) is 0. The lowest BCUT2D eigenvalue weighted by atomic mass is 10.2. The van der Waals surface area contributed by atoms with Crippen LogP contribution in [-0.4, -0.2) is 12.2 Å². The van der Waals surface area contributed by atoms with Crippen LogP contribution < -0.4 is 18.9 Å². The van der Waals surface area contributed by atoms with Gasteiger partial charge in [0, 0.05) is 0 Å². The molecule has 1 heterocycles. The molecule has 3 rings (SSSR count). The third kappa shape index (κ3) is 3.82. The number of para-hydroxylation sites is 2. The number of fused-ring (bicyclic) bond motifs is 1. The van der Waals surface area contributed by atoms with Crippen molar-refractivity contribution in [2.45, 2.75) is 39.4 Å². The van der Waals surface area contributed by atoms with E-state index in [4.69, 9.17) is 18.9 Å². The average molecular weight is 326 g/mol. The second kappa shape index (κ2) is 7.30. The molecule has 0 radical (unpaired) electrons. The van der Waals surface area contributed by atoms with Gasteiger partial charge in [0.1, 0.15) is 17.8 Å². The van der Waals surface area contributed by atoms with Crippen molar-refractivity contribution in [3.05, 3.63) is 60.6 Å². The summed E-state index contributed by atoms with van der Waals surface area (Å²) in [6.07, 6.45) is 2.50. The van der Waals surface area contributed by atoms with Gasteiger partial charge in [0.05, 0.1) is 6.10 Å². The smallest absolute Gasteiger partial charge is 0.179 e. The molecule has 0 fully saturated rings. The van der Waals surface area contributed by atoms with Crippen molar-refractivity contribution in [1.82, 2.24) is 0 Å². The number of benzene rings is 2. The van der Waals surface area contributed by atoms with Crippen LogP contribution in [0.4, 0.5) is 0 Å². The van der Waals surface area contributed by atoms with Gasteiger partial charge in [-0.05, 0) is 56.7 Å². The fourth-order valence-corrected chi connectivity index (χ4v) is 2.26. The van der Waals surface area contributed by atoms with E-state index in [-0.39, 0.29) is 12.2 Å². The lowest BCUT2D eigenvalue weighted by Crippen LogP contribution is -2.21. The molecule has 2 aromatic carbocycles. The lowest BCUT2D eigenvalue weighted by Gasteiger charge is -2.23. The monoisotopic (exact) mass is 326 g/mol. The predicted octanol–water partition coefficient (Wildman–Crippen LogP) is 4.94. The van der Waals surface area contributed by atoms with Crippen LogP contribution in [0.1, 0.15) is 27.2 Å². The van der Waals surface area contributed by atoms with Gasteiger partial charge < -0.3 is 18.9 Å². The molecule has 0 amide bonds. The van der Waals surface area contributed by atoms with E-state index in [0.29, 0.717) is 17.3 Å². The molecule has 4 nitrogen and oxygen atoms in total. The Kier molecular flexibility index (Phi) is 4.94. The van der Waals surface area contributed by atoms with Gasteiger partial charge in [-0.15, -0.1) is 0 Å². The summed E-state index contributed by atoms with van der Waals surface area (Å²) in [5.74, 6) is 3.63. The Morgan fingerprint density at radius 1 is 0.875 bits per heavy atom. The van der Waals surface area contributed by atoms with E-state index >= 15 is 0 Å². The Morgan fingerprint density at radius 3 is 2.17 bits per heavy atom. The van der Waals surface area contributed by atoms with E-state index in [9.17, 15) is 0 Å². The zero-order chi connectivity index (χ0) is 16.9. The topological polar surface area (TPSA) is 36.9 Å². The summed E-state index contributed by atoms with van der Waals surface area (Å²) in [5.41, 5.74) is 0. The minimum absolute atomic E-state index is 0.203. The molecule has 1 aliphatic rings. The van der Waals surface area contributed by atoms with Crippen LogP contribution >= 0.6 is 0 Å². The molecule has 2 aromatic rings. The maximum atomic E-state index is 5.93. The normalized spacial score (nSPS) is 15.2. The predicted molar refractivity (Wildman–Crippen MR) is 92.7 cm³/mol. The first-order valence-electron chi connectivity index (χ1n) is 8.22. The number of rotatable bonds is 6. The fourth-order valence-electron chi connectivity index (χ4n) is 2.26. The van der Waals surface area contributed by atoms with Gasteiger partial charge in [0.2, 0.25) is 0 Å². The Hall–Kier alpha value is -2.62. The molecule has 0 saturated heterocycles. The first-order chi connectivity index (χ1) is 11.7. The molecule has 0 saturated carbocycles. The van der Waals surface area contributed by atoms with Gasteiger partial charge in [0.25, 0.3) is 0 Å². The van der Waals surface area contributed by atoms with Crippen molar-refractivity contribution in [3.63, 3.8) is 0 Å². The van der Waals surface area contributed by atoms with Crippen LogP contribution in [0, 0.1) is 0 Å². The van der Waals surface area contributed by atoms with Crippen molar-refractivity contribution < 1.29 is 18.9 Å². The summed E-state index contributed by atoms with van der Waals surface area (Å²) in [4.78, 5) is 0. The third-order valence-corrected chi connectivity index (χ3v) is 3.83. The highest BCUT2D eigenvalue weighted by Gasteiger charge is 2.20. The number of ether oxygens (including phenoxy) is 4. The van der Waals surface area contributed by atoms with E-state index < -0.39 is 0 Å². The minimum atomic E-state index is -0.264. The molecule has 126 valence electrons. The molecule has 24 heavy (non-hydrogen) atoms. The van der Waals surface area contributed by atoms with Crippen LogP contribution in [0.3, 0.4) is 0 Å². The fraction of sp³-hybridized carbons (Fsp3) is 0.300. The zero-order valence-electron chi connectivity index (χ0n) is 14.2. The molecule has 0 N–H and O–H groups in total. The maximum Gasteiger partial charge on any atom is 0.179 e. The van der Waals surface area contributed by atoms with Crippen molar-refractivity contribution in [3.8, 4) is 23.0 Å². The molecule has 0 aromatic heterocycles. The Morgan fingerprint density at radius 2 is 1.50 bits per heavy atom. The molecule has 0 spiro atoms. The van der Waals surface area contributed by atoms with Crippen LogP contribution in [-0.2, 0) is 0 Å². The molecule has 2 unspecified atom stereocenters. The molecule has 1 aliphatic heterocycles. The maximum absolute atomic E-state index is 5.93. The van der Waals surface area contributed by atoms with Crippen molar-refractivity contribution in [2.24, 2.45) is 0 Å². The third-order valence-electron chi connectivity index (χ3n) is 3.83. The van der Waals surface area contributed by atoms with E-state index in [1.807, 2.05) is 55.5 Å². The first-order valence-corrected chi connectivity index (χ1v) is 8.22. The second-order valence-electron chi connectivity index (χ2n) is 5.76. The zero-order valence-corrected chi connectivity index (χ0v) is 14.2. The number of hydrogen-bond acceptors (Lipinski definition) is 4. The van der Waals surface area contributed by atoms with Crippen molar-refractivity contribution in [2.75, 3.05) is 0 Å². The largest absolute Gasteiger partial charge is 0.491 e. The van der Waals surface area contributed by atoms with Crippen LogP contribution in [0.15, 0.2) is 60.6 Å². The Bertz CT molecular complexity index is 706. The summed E-state index contributed by atoms with van der Waals surface area (Å²) < 4.78 is 23.1. The van der Waals surface area contributed by atoms with Gasteiger partial charge >= 0.3 is 0 Å². The van der Waals surface area contributed by atoms with Crippen LogP contribution in [0.5, 0.6) is 23.0 Å². The second-order valence-corrected chi connectivity index (χ2v) is 5.76. The van der Waals surface area contributed by atoms with E-state index in [1.165, 1.54) is 0 Å². The van der Waals surface area contributed by atoms with Gasteiger partial charge in [0.15, 0.2) is 23.4 Å². The van der Waals surface area contributed by atoms with Gasteiger partial charge in [-0.1, -0.05) is 19.1 Å².